The van der Waals surface area contributed by atoms with Gasteiger partial charge in [-0.15, -0.1) is 5.10 Å². The highest BCUT2D eigenvalue weighted by molar-refractivity contribution is 5.96. The van der Waals surface area contributed by atoms with Crippen molar-refractivity contribution in [2.75, 3.05) is 7.11 Å². The molecule has 9 nitrogen and oxygen atoms in total. The average molecular weight is 375 g/mol. The maximum atomic E-state index is 12.4. The monoisotopic (exact) mass is 375 g/mol. The lowest BCUT2D eigenvalue weighted by molar-refractivity contribution is -0.144. The predicted octanol–water partition coefficient (Wildman–Crippen LogP) is 1.76. The number of carbonyl (C=O) groups is 2. The molecule has 0 aliphatic carbocycles. The average Bonchev–Trinajstić information content (AvgIpc) is 3.12. The molecule has 27 heavy (non-hydrogen) atoms. The standard InChI is InChI=1S/C18H25N5O4/c1-11(2)16(18(25)26-5)19-17(24)13-6-8-14(9-7-13)27-10-15-20-21-22-23(15)12(3)4/h6-9,11-12,16H,10H2,1-5H3,(H,19,24). The molecule has 0 bridgehead atoms. The maximum Gasteiger partial charge on any atom is 0.328 e. The van der Waals surface area contributed by atoms with E-state index in [2.05, 4.69) is 20.8 Å². The highest BCUT2D eigenvalue weighted by atomic mass is 16.5. The second kappa shape index (κ2) is 9.11. The molecule has 146 valence electrons. The summed E-state index contributed by atoms with van der Waals surface area (Å²) in [5.74, 6) is 0.286. The Morgan fingerprint density at radius 2 is 1.81 bits per heavy atom. The first-order valence-electron chi connectivity index (χ1n) is 8.71. The SMILES string of the molecule is COC(=O)C(NC(=O)c1ccc(OCc2nnnn2C(C)C)cc1)C(C)C. The van der Waals surface area contributed by atoms with E-state index < -0.39 is 12.0 Å². The zero-order valence-corrected chi connectivity index (χ0v) is 16.2. The molecule has 0 radical (unpaired) electrons. The van der Waals surface area contributed by atoms with Gasteiger partial charge in [0.15, 0.2) is 5.82 Å². The van der Waals surface area contributed by atoms with Crippen LogP contribution in [0.4, 0.5) is 0 Å². The van der Waals surface area contributed by atoms with Crippen LogP contribution in [-0.4, -0.2) is 45.2 Å². The third-order valence-corrected chi connectivity index (χ3v) is 3.94. The topological polar surface area (TPSA) is 108 Å². The summed E-state index contributed by atoms with van der Waals surface area (Å²) >= 11 is 0. The Labute approximate surface area is 158 Å². The molecule has 0 aliphatic rings. The second-order valence-electron chi connectivity index (χ2n) is 6.66. The van der Waals surface area contributed by atoms with E-state index in [0.29, 0.717) is 17.1 Å². The van der Waals surface area contributed by atoms with Crippen molar-refractivity contribution >= 4 is 11.9 Å². The molecule has 2 aromatic rings. The van der Waals surface area contributed by atoms with Crippen molar-refractivity contribution in [1.29, 1.82) is 0 Å². The van der Waals surface area contributed by atoms with E-state index in [1.165, 1.54) is 7.11 Å². The Balaban J connectivity index is 1.98. The lowest BCUT2D eigenvalue weighted by Gasteiger charge is -2.19. The zero-order chi connectivity index (χ0) is 20.0. The van der Waals surface area contributed by atoms with Crippen molar-refractivity contribution in [3.05, 3.63) is 35.7 Å². The number of amides is 1. The molecule has 1 unspecified atom stereocenters. The molecule has 1 aromatic heterocycles. The fourth-order valence-corrected chi connectivity index (χ4v) is 2.41. The van der Waals surface area contributed by atoms with Crippen LogP contribution < -0.4 is 10.1 Å². The molecule has 0 fully saturated rings. The minimum Gasteiger partial charge on any atom is -0.486 e. The molecular weight excluding hydrogens is 350 g/mol. The minimum atomic E-state index is -0.701. The van der Waals surface area contributed by atoms with Gasteiger partial charge < -0.3 is 14.8 Å². The van der Waals surface area contributed by atoms with Crippen LogP contribution in [0.2, 0.25) is 0 Å². The number of rotatable bonds is 8. The molecule has 1 atom stereocenters. The normalized spacial score (nSPS) is 12.1. The van der Waals surface area contributed by atoms with Crippen LogP contribution in [-0.2, 0) is 16.1 Å². The van der Waals surface area contributed by atoms with Crippen molar-refractivity contribution in [2.45, 2.75) is 46.4 Å². The fourth-order valence-electron chi connectivity index (χ4n) is 2.41. The molecule has 2 rings (SSSR count). The lowest BCUT2D eigenvalue weighted by atomic mass is 10.0. The van der Waals surface area contributed by atoms with Gasteiger partial charge in [-0.25, -0.2) is 9.48 Å². The summed E-state index contributed by atoms with van der Waals surface area (Å²) in [7, 11) is 1.30. The molecular formula is C18H25N5O4. The molecule has 0 aliphatic heterocycles. The third kappa shape index (κ3) is 5.25. The van der Waals surface area contributed by atoms with Crippen LogP contribution >= 0.6 is 0 Å². The summed E-state index contributed by atoms with van der Waals surface area (Å²) in [6.07, 6.45) is 0. The number of ether oxygens (including phenoxy) is 2. The highest BCUT2D eigenvalue weighted by Gasteiger charge is 2.25. The summed E-state index contributed by atoms with van der Waals surface area (Å²) in [6, 6.07) is 6.05. The molecule has 1 heterocycles. The first-order chi connectivity index (χ1) is 12.8. The Hall–Kier alpha value is -2.97. The third-order valence-electron chi connectivity index (χ3n) is 3.94. The van der Waals surface area contributed by atoms with Gasteiger partial charge in [0.1, 0.15) is 18.4 Å². The number of tetrazole rings is 1. The molecule has 1 N–H and O–H groups in total. The second-order valence-corrected chi connectivity index (χ2v) is 6.66. The van der Waals surface area contributed by atoms with Gasteiger partial charge in [-0.2, -0.15) is 0 Å². The van der Waals surface area contributed by atoms with Gasteiger partial charge >= 0.3 is 5.97 Å². The molecule has 0 spiro atoms. The summed E-state index contributed by atoms with van der Waals surface area (Å²) in [4.78, 5) is 24.1. The van der Waals surface area contributed by atoms with Crippen LogP contribution in [0.15, 0.2) is 24.3 Å². The number of methoxy groups -OCH3 is 1. The van der Waals surface area contributed by atoms with Crippen molar-refractivity contribution in [3.8, 4) is 5.75 Å². The molecule has 9 heteroatoms. The van der Waals surface area contributed by atoms with Gasteiger partial charge in [0.25, 0.3) is 5.91 Å². The molecule has 1 aromatic carbocycles. The van der Waals surface area contributed by atoms with Gasteiger partial charge in [0.2, 0.25) is 0 Å². The van der Waals surface area contributed by atoms with E-state index in [1.54, 1.807) is 28.9 Å². The summed E-state index contributed by atoms with van der Waals surface area (Å²) in [5.41, 5.74) is 0.420. The Bertz CT molecular complexity index is 770. The van der Waals surface area contributed by atoms with Crippen LogP contribution in [0.1, 0.15) is 49.9 Å². The van der Waals surface area contributed by atoms with Crippen molar-refractivity contribution in [3.63, 3.8) is 0 Å². The van der Waals surface area contributed by atoms with Crippen LogP contribution in [0.5, 0.6) is 5.75 Å². The van der Waals surface area contributed by atoms with E-state index in [-0.39, 0.29) is 24.5 Å². The van der Waals surface area contributed by atoms with Gasteiger partial charge in [-0.1, -0.05) is 13.8 Å². The van der Waals surface area contributed by atoms with Crippen LogP contribution in [0, 0.1) is 5.92 Å². The van der Waals surface area contributed by atoms with Crippen molar-refractivity contribution in [1.82, 2.24) is 25.5 Å². The number of nitrogens with one attached hydrogen (secondary N) is 1. The highest BCUT2D eigenvalue weighted by Crippen LogP contribution is 2.15. The number of hydrogen-bond acceptors (Lipinski definition) is 7. The smallest absolute Gasteiger partial charge is 0.328 e. The number of nitrogens with zero attached hydrogens (tertiary/aromatic N) is 4. The van der Waals surface area contributed by atoms with Gasteiger partial charge in [0.05, 0.1) is 13.2 Å². The Kier molecular flexibility index (Phi) is 6.86. The largest absolute Gasteiger partial charge is 0.486 e. The number of aromatic nitrogens is 4. The van der Waals surface area contributed by atoms with Gasteiger partial charge in [-0.05, 0) is 54.5 Å². The lowest BCUT2D eigenvalue weighted by Crippen LogP contribution is -2.45. The molecule has 0 saturated heterocycles. The van der Waals surface area contributed by atoms with E-state index in [1.807, 2.05) is 27.7 Å². The van der Waals surface area contributed by atoms with Crippen molar-refractivity contribution < 1.29 is 19.1 Å². The number of benzene rings is 1. The fraction of sp³-hybridized carbons (Fsp3) is 0.500. The molecule has 0 saturated carbocycles. The van der Waals surface area contributed by atoms with E-state index in [0.717, 1.165) is 0 Å². The first-order valence-corrected chi connectivity index (χ1v) is 8.71. The summed E-state index contributed by atoms with van der Waals surface area (Å²) < 4.78 is 12.1. The summed E-state index contributed by atoms with van der Waals surface area (Å²) in [6.45, 7) is 7.85. The van der Waals surface area contributed by atoms with E-state index in [9.17, 15) is 9.59 Å². The van der Waals surface area contributed by atoms with Gasteiger partial charge in [0, 0.05) is 5.56 Å². The number of carbonyl (C=O) groups excluding carboxylic acids is 2. The predicted molar refractivity (Wildman–Crippen MR) is 97.1 cm³/mol. The van der Waals surface area contributed by atoms with E-state index in [4.69, 9.17) is 9.47 Å². The minimum absolute atomic E-state index is 0.0871. The Morgan fingerprint density at radius 1 is 1.15 bits per heavy atom. The zero-order valence-electron chi connectivity index (χ0n) is 16.2. The molecule has 1 amide bonds. The number of hydrogen-bond donors (Lipinski definition) is 1. The van der Waals surface area contributed by atoms with Crippen LogP contribution in [0.3, 0.4) is 0 Å². The first kappa shape index (κ1) is 20.3. The number of esters is 1. The maximum absolute atomic E-state index is 12.4. The quantitative estimate of drug-likeness (QED) is 0.700. The van der Waals surface area contributed by atoms with Gasteiger partial charge in [-0.3, -0.25) is 4.79 Å². The summed E-state index contributed by atoms with van der Waals surface area (Å²) in [5, 5.41) is 14.2. The van der Waals surface area contributed by atoms with Crippen molar-refractivity contribution in [2.24, 2.45) is 5.92 Å². The van der Waals surface area contributed by atoms with E-state index >= 15 is 0 Å². The Morgan fingerprint density at radius 3 is 2.37 bits per heavy atom. The van der Waals surface area contributed by atoms with Crippen LogP contribution in [0.25, 0.3) is 0 Å².